The van der Waals surface area contributed by atoms with Crippen LogP contribution < -0.4 is 5.32 Å². The van der Waals surface area contributed by atoms with E-state index in [1.807, 2.05) is 30.3 Å². The van der Waals surface area contributed by atoms with Gasteiger partial charge in [-0.2, -0.15) is 0 Å². The van der Waals surface area contributed by atoms with Crippen molar-refractivity contribution >= 4 is 29.5 Å². The van der Waals surface area contributed by atoms with E-state index in [4.69, 9.17) is 0 Å². The van der Waals surface area contributed by atoms with Crippen LogP contribution in [-0.4, -0.2) is 58.3 Å². The number of thioether (sulfide) groups is 1. The number of nitrogens with one attached hydrogen (secondary N) is 1. The number of hydrogen-bond acceptors (Lipinski definition) is 4. The van der Waals surface area contributed by atoms with Gasteiger partial charge in [-0.1, -0.05) is 49.4 Å². The highest BCUT2D eigenvalue weighted by Gasteiger charge is 2.42. The minimum Gasteiger partial charge on any atom is -0.351 e. The molecule has 2 atom stereocenters. The van der Waals surface area contributed by atoms with Crippen LogP contribution in [0.25, 0.3) is 0 Å². The molecule has 3 amide bonds. The number of carbonyl (C=O) groups is 3. The number of piperazine rings is 1. The number of fused-ring (bicyclic) bond motifs is 1. The molecule has 1 N–H and O–H groups in total. The fraction of sp³-hybridized carbons (Fsp3) is 0.348. The average Bonchev–Trinajstić information content (AvgIpc) is 3.27. The van der Waals surface area contributed by atoms with Crippen LogP contribution in [0, 0.1) is 0 Å². The summed E-state index contributed by atoms with van der Waals surface area (Å²) in [6.45, 7) is 3.15. The van der Waals surface area contributed by atoms with Gasteiger partial charge in [0, 0.05) is 24.4 Å². The zero-order valence-electron chi connectivity index (χ0n) is 16.9. The van der Waals surface area contributed by atoms with Crippen LogP contribution in [0.15, 0.2) is 54.6 Å². The van der Waals surface area contributed by atoms with Gasteiger partial charge in [0.05, 0.1) is 5.88 Å². The Bertz CT molecular complexity index is 932. The Morgan fingerprint density at radius 3 is 2.60 bits per heavy atom. The van der Waals surface area contributed by atoms with Crippen molar-refractivity contribution in [2.75, 3.05) is 24.7 Å². The summed E-state index contributed by atoms with van der Waals surface area (Å²) < 4.78 is 0. The Morgan fingerprint density at radius 1 is 1.13 bits per heavy atom. The average molecular weight is 424 g/mol. The maximum atomic E-state index is 12.7. The normalized spacial score (nSPS) is 19.6. The first kappa shape index (κ1) is 20.5. The smallest absolute Gasteiger partial charge is 0.251 e. The summed E-state index contributed by atoms with van der Waals surface area (Å²) in [5, 5.41) is 2.98. The van der Waals surface area contributed by atoms with E-state index >= 15 is 0 Å². The molecule has 2 aliphatic heterocycles. The highest BCUT2D eigenvalue weighted by atomic mass is 32.2. The minimum atomic E-state index is -0.326. The summed E-state index contributed by atoms with van der Waals surface area (Å²) in [6.07, 6.45) is 0. The van der Waals surface area contributed by atoms with Crippen molar-refractivity contribution in [1.29, 1.82) is 0 Å². The molecule has 2 heterocycles. The summed E-state index contributed by atoms with van der Waals surface area (Å²) in [6, 6.07) is 17.0. The molecule has 2 fully saturated rings. The van der Waals surface area contributed by atoms with Gasteiger partial charge in [-0.15, -0.1) is 11.8 Å². The van der Waals surface area contributed by atoms with Crippen LogP contribution in [0.3, 0.4) is 0 Å². The van der Waals surface area contributed by atoms with Gasteiger partial charge in [-0.05, 0) is 29.2 Å². The molecule has 0 saturated carbocycles. The van der Waals surface area contributed by atoms with Gasteiger partial charge in [0.25, 0.3) is 5.91 Å². The van der Waals surface area contributed by atoms with E-state index in [9.17, 15) is 14.4 Å². The maximum absolute atomic E-state index is 12.7. The van der Waals surface area contributed by atoms with Crippen LogP contribution in [0.5, 0.6) is 0 Å². The first-order chi connectivity index (χ1) is 14.5. The summed E-state index contributed by atoms with van der Waals surface area (Å²) in [5.41, 5.74) is 2.68. The van der Waals surface area contributed by atoms with Crippen LogP contribution in [-0.2, 0) is 16.1 Å². The summed E-state index contributed by atoms with van der Waals surface area (Å²) in [5.74, 6) is 1.40. The fourth-order valence-corrected chi connectivity index (χ4v) is 4.97. The number of benzene rings is 2. The second-order valence-corrected chi connectivity index (χ2v) is 8.79. The molecule has 2 saturated heterocycles. The molecule has 2 aromatic rings. The summed E-state index contributed by atoms with van der Waals surface area (Å²) in [4.78, 5) is 40.7. The molecule has 0 bridgehead atoms. The fourth-order valence-electron chi connectivity index (χ4n) is 3.80. The van der Waals surface area contributed by atoms with E-state index in [2.05, 4.69) is 24.4 Å². The number of rotatable bonds is 6. The Kier molecular flexibility index (Phi) is 6.08. The molecular weight excluding hydrogens is 398 g/mol. The maximum Gasteiger partial charge on any atom is 0.251 e. The molecule has 156 valence electrons. The third-order valence-corrected chi connectivity index (χ3v) is 6.66. The van der Waals surface area contributed by atoms with Crippen LogP contribution in [0.2, 0.25) is 0 Å². The molecule has 7 heteroatoms. The van der Waals surface area contributed by atoms with Crippen molar-refractivity contribution in [3.8, 4) is 0 Å². The third-order valence-electron chi connectivity index (χ3n) is 5.65. The van der Waals surface area contributed by atoms with E-state index in [0.29, 0.717) is 30.3 Å². The van der Waals surface area contributed by atoms with E-state index in [1.54, 1.807) is 33.7 Å². The first-order valence-electron chi connectivity index (χ1n) is 10.1. The van der Waals surface area contributed by atoms with Crippen LogP contribution >= 0.6 is 11.8 Å². The zero-order chi connectivity index (χ0) is 21.1. The van der Waals surface area contributed by atoms with Crippen molar-refractivity contribution in [2.24, 2.45) is 0 Å². The molecule has 0 unspecified atom stereocenters. The lowest BCUT2D eigenvalue weighted by molar-refractivity contribution is -0.153. The number of amides is 3. The molecule has 2 aliphatic rings. The standard InChI is InChI=1S/C23H25N3O3S/c1-16(18-5-3-2-4-6-18)11-24-22(28)19-9-7-17(8-10-19)12-25-13-21(27)26-15-30-14-20(26)23(25)29/h2-10,16,20H,11-15H2,1H3,(H,24,28)/t16-,20-/m0/s1. The molecule has 2 aromatic carbocycles. The van der Waals surface area contributed by atoms with Crippen molar-refractivity contribution in [3.63, 3.8) is 0 Å². The van der Waals surface area contributed by atoms with Gasteiger partial charge < -0.3 is 15.1 Å². The molecule has 0 spiro atoms. The lowest BCUT2D eigenvalue weighted by Crippen LogP contribution is -2.57. The van der Waals surface area contributed by atoms with Crippen LogP contribution in [0.4, 0.5) is 0 Å². The van der Waals surface area contributed by atoms with Crippen LogP contribution in [0.1, 0.15) is 34.3 Å². The lowest BCUT2D eigenvalue weighted by atomic mass is 10.0. The summed E-state index contributed by atoms with van der Waals surface area (Å²) in [7, 11) is 0. The van der Waals surface area contributed by atoms with Gasteiger partial charge in [0.15, 0.2) is 0 Å². The molecule has 0 aliphatic carbocycles. The topological polar surface area (TPSA) is 69.7 Å². The molecule has 30 heavy (non-hydrogen) atoms. The molecule has 4 rings (SSSR count). The van der Waals surface area contributed by atoms with Crippen molar-refractivity contribution in [1.82, 2.24) is 15.1 Å². The minimum absolute atomic E-state index is 0.00753. The number of hydrogen-bond donors (Lipinski definition) is 1. The van der Waals surface area contributed by atoms with Gasteiger partial charge in [-0.3, -0.25) is 14.4 Å². The Labute approximate surface area is 180 Å². The molecule has 6 nitrogen and oxygen atoms in total. The summed E-state index contributed by atoms with van der Waals surface area (Å²) >= 11 is 1.62. The van der Waals surface area contributed by atoms with Gasteiger partial charge in [0.1, 0.15) is 12.6 Å². The SMILES string of the molecule is C[C@@H](CNC(=O)c1ccc(CN2CC(=O)N3CSC[C@H]3C2=O)cc1)c1ccccc1. The van der Waals surface area contributed by atoms with Crippen molar-refractivity contribution < 1.29 is 14.4 Å². The molecular formula is C23H25N3O3S. The van der Waals surface area contributed by atoms with Gasteiger partial charge in [-0.25, -0.2) is 0 Å². The van der Waals surface area contributed by atoms with Crippen molar-refractivity contribution in [3.05, 3.63) is 71.3 Å². The lowest BCUT2D eigenvalue weighted by Gasteiger charge is -2.35. The van der Waals surface area contributed by atoms with E-state index < -0.39 is 0 Å². The van der Waals surface area contributed by atoms with E-state index in [-0.39, 0.29) is 36.2 Å². The zero-order valence-corrected chi connectivity index (χ0v) is 17.7. The molecule has 0 aromatic heterocycles. The van der Waals surface area contributed by atoms with E-state index in [0.717, 1.165) is 5.56 Å². The Morgan fingerprint density at radius 2 is 1.87 bits per heavy atom. The Hall–Kier alpha value is -2.80. The second kappa shape index (κ2) is 8.92. The monoisotopic (exact) mass is 423 g/mol. The second-order valence-electron chi connectivity index (χ2n) is 7.79. The van der Waals surface area contributed by atoms with Crippen molar-refractivity contribution in [2.45, 2.75) is 25.4 Å². The quantitative estimate of drug-likeness (QED) is 0.775. The number of nitrogens with zero attached hydrogens (tertiary/aromatic N) is 2. The highest BCUT2D eigenvalue weighted by Crippen LogP contribution is 2.26. The highest BCUT2D eigenvalue weighted by molar-refractivity contribution is 7.99. The van der Waals surface area contributed by atoms with Gasteiger partial charge in [0.2, 0.25) is 11.8 Å². The third kappa shape index (κ3) is 4.36. The molecule has 0 radical (unpaired) electrons. The van der Waals surface area contributed by atoms with E-state index in [1.165, 1.54) is 5.56 Å². The largest absolute Gasteiger partial charge is 0.351 e. The first-order valence-corrected chi connectivity index (χ1v) is 11.3. The van der Waals surface area contributed by atoms with Gasteiger partial charge >= 0.3 is 0 Å². The predicted molar refractivity (Wildman–Crippen MR) is 117 cm³/mol. The Balaban J connectivity index is 1.33. The predicted octanol–water partition coefficient (Wildman–Crippen LogP) is 2.46. The number of carbonyl (C=O) groups excluding carboxylic acids is 3.